The Labute approximate surface area is 168 Å². The van der Waals surface area contributed by atoms with E-state index in [1.54, 1.807) is 31.0 Å². The quantitative estimate of drug-likeness (QED) is 0.692. The summed E-state index contributed by atoms with van der Waals surface area (Å²) in [5, 5.41) is 7.09. The Morgan fingerprint density at radius 3 is 2.52 bits per heavy atom. The second-order valence-electron chi connectivity index (χ2n) is 6.56. The maximum absolute atomic E-state index is 12.8. The molecule has 0 aliphatic carbocycles. The molecule has 1 aromatic heterocycles. The summed E-state index contributed by atoms with van der Waals surface area (Å²) in [5.74, 6) is 1.32. The zero-order valence-electron chi connectivity index (χ0n) is 16.3. The summed E-state index contributed by atoms with van der Waals surface area (Å²) in [6.45, 7) is 2.03. The molecule has 0 radical (unpaired) electrons. The van der Waals surface area contributed by atoms with E-state index in [9.17, 15) is 4.79 Å². The van der Waals surface area contributed by atoms with Gasteiger partial charge >= 0.3 is 0 Å². The number of fused-ring (bicyclic) bond motifs is 1. The molecule has 0 saturated carbocycles. The Morgan fingerprint density at radius 1 is 1.03 bits per heavy atom. The molecule has 29 heavy (non-hydrogen) atoms. The number of carbonyl (C=O) groups excluding carboxylic acids is 1. The van der Waals surface area contributed by atoms with E-state index in [0.717, 1.165) is 22.4 Å². The van der Waals surface area contributed by atoms with Crippen LogP contribution in [0.4, 0.5) is 5.95 Å². The zero-order chi connectivity index (χ0) is 20.4. The molecule has 4 rings (SSSR count). The van der Waals surface area contributed by atoms with Crippen LogP contribution in [-0.2, 0) is 4.79 Å². The summed E-state index contributed by atoms with van der Waals surface area (Å²) >= 11 is 0. The molecule has 1 N–H and O–H groups in total. The monoisotopic (exact) mass is 388 g/mol. The molecule has 1 aliphatic heterocycles. The van der Waals surface area contributed by atoms with Crippen molar-refractivity contribution in [3.8, 4) is 11.5 Å². The van der Waals surface area contributed by atoms with Gasteiger partial charge in [0.2, 0.25) is 5.95 Å². The van der Waals surface area contributed by atoms with Crippen LogP contribution in [-0.4, -0.2) is 34.9 Å². The summed E-state index contributed by atoms with van der Waals surface area (Å²) in [6, 6.07) is 13.5. The normalized spacial score (nSPS) is 14.7. The molecule has 0 spiro atoms. The van der Waals surface area contributed by atoms with Crippen molar-refractivity contribution in [2.45, 2.75) is 6.92 Å². The molecule has 146 valence electrons. The second-order valence-corrected chi connectivity index (χ2v) is 6.56. The third-order valence-electron chi connectivity index (χ3n) is 4.63. The highest BCUT2D eigenvalue weighted by Crippen LogP contribution is 2.30. The fraction of sp³-hybridized carbons (Fsp3) is 0.136. The van der Waals surface area contributed by atoms with Gasteiger partial charge in [-0.15, -0.1) is 0 Å². The van der Waals surface area contributed by atoms with Gasteiger partial charge in [0.15, 0.2) is 11.5 Å². The largest absolute Gasteiger partial charge is 0.493 e. The molecule has 0 unspecified atom stereocenters. The van der Waals surface area contributed by atoms with Gasteiger partial charge in [0.1, 0.15) is 6.33 Å². The van der Waals surface area contributed by atoms with Crippen LogP contribution >= 0.6 is 0 Å². The van der Waals surface area contributed by atoms with Gasteiger partial charge in [-0.3, -0.25) is 10.1 Å². The van der Waals surface area contributed by atoms with Gasteiger partial charge in [-0.25, -0.2) is 0 Å². The smallest absolute Gasteiger partial charge is 0.258 e. The molecule has 2 heterocycles. The zero-order valence-corrected chi connectivity index (χ0v) is 16.3. The lowest BCUT2D eigenvalue weighted by Gasteiger charge is -2.09. The van der Waals surface area contributed by atoms with Crippen molar-refractivity contribution in [1.82, 2.24) is 14.8 Å². The average Bonchev–Trinajstić information content (AvgIpc) is 3.14. The van der Waals surface area contributed by atoms with Gasteiger partial charge in [0.25, 0.3) is 5.91 Å². The maximum atomic E-state index is 12.8. The van der Waals surface area contributed by atoms with Crippen molar-refractivity contribution < 1.29 is 14.3 Å². The summed E-state index contributed by atoms with van der Waals surface area (Å²) in [4.78, 5) is 17.0. The lowest BCUT2D eigenvalue weighted by atomic mass is 10.0. The molecule has 7 heteroatoms. The van der Waals surface area contributed by atoms with E-state index in [1.807, 2.05) is 49.4 Å². The van der Waals surface area contributed by atoms with Crippen LogP contribution in [0.3, 0.4) is 0 Å². The van der Waals surface area contributed by atoms with Crippen molar-refractivity contribution in [1.29, 1.82) is 0 Å². The molecule has 0 saturated heterocycles. The van der Waals surface area contributed by atoms with E-state index in [2.05, 4.69) is 15.4 Å². The van der Waals surface area contributed by atoms with Crippen LogP contribution < -0.4 is 14.8 Å². The van der Waals surface area contributed by atoms with Crippen LogP contribution in [0.25, 0.3) is 11.8 Å². The summed E-state index contributed by atoms with van der Waals surface area (Å²) in [5.41, 5.74) is 4.11. The number of carbonyl (C=O) groups is 1. The molecule has 3 aromatic rings. The van der Waals surface area contributed by atoms with Gasteiger partial charge in [0, 0.05) is 11.1 Å². The minimum Gasteiger partial charge on any atom is -0.493 e. The second kappa shape index (κ2) is 7.63. The van der Waals surface area contributed by atoms with Gasteiger partial charge in [-0.2, -0.15) is 14.8 Å². The first-order chi connectivity index (χ1) is 14.1. The number of ether oxygens (including phenoxy) is 2. The molecule has 1 aliphatic rings. The minimum absolute atomic E-state index is 0.267. The van der Waals surface area contributed by atoms with Crippen molar-refractivity contribution in [2.75, 3.05) is 19.5 Å². The van der Waals surface area contributed by atoms with Gasteiger partial charge in [-0.1, -0.05) is 35.9 Å². The van der Waals surface area contributed by atoms with Gasteiger partial charge < -0.3 is 9.47 Å². The van der Waals surface area contributed by atoms with Crippen molar-refractivity contribution >= 4 is 23.6 Å². The number of benzene rings is 2. The molecule has 1 amide bonds. The Bertz CT molecular complexity index is 1130. The lowest BCUT2D eigenvalue weighted by molar-refractivity contribution is -0.112. The molecule has 0 fully saturated rings. The molecule has 7 nitrogen and oxygen atoms in total. The van der Waals surface area contributed by atoms with E-state index in [-0.39, 0.29) is 5.91 Å². The van der Waals surface area contributed by atoms with Gasteiger partial charge in [0.05, 0.1) is 19.9 Å². The highest BCUT2D eigenvalue weighted by atomic mass is 16.5. The Morgan fingerprint density at radius 2 is 1.79 bits per heavy atom. The number of aromatic nitrogens is 3. The Balaban J connectivity index is 1.83. The molecule has 0 bridgehead atoms. The third kappa shape index (κ3) is 3.62. The van der Waals surface area contributed by atoms with Crippen molar-refractivity contribution in [2.24, 2.45) is 0 Å². The van der Waals surface area contributed by atoms with Crippen LogP contribution in [0.1, 0.15) is 16.7 Å². The van der Waals surface area contributed by atoms with E-state index < -0.39 is 0 Å². The van der Waals surface area contributed by atoms with Crippen LogP contribution in [0.5, 0.6) is 11.5 Å². The van der Waals surface area contributed by atoms with E-state index in [1.165, 1.54) is 6.33 Å². The number of rotatable bonds is 4. The first-order valence-corrected chi connectivity index (χ1v) is 9.03. The maximum Gasteiger partial charge on any atom is 0.258 e. The SMILES string of the molecule is COc1ccc(/C=C2/C=C(c3ccc(C)cc3)n3ncnc3NC2=O)cc1OC. The summed E-state index contributed by atoms with van der Waals surface area (Å²) < 4.78 is 12.3. The topological polar surface area (TPSA) is 78.3 Å². The van der Waals surface area contributed by atoms with E-state index in [4.69, 9.17) is 9.47 Å². The van der Waals surface area contributed by atoms with Crippen LogP contribution in [0.2, 0.25) is 0 Å². The number of hydrogen-bond donors (Lipinski definition) is 1. The fourth-order valence-electron chi connectivity index (χ4n) is 3.11. The number of nitrogens with one attached hydrogen (secondary N) is 1. The third-order valence-corrected chi connectivity index (χ3v) is 4.63. The number of hydrogen-bond acceptors (Lipinski definition) is 5. The predicted octanol–water partition coefficient (Wildman–Crippen LogP) is 3.53. The van der Waals surface area contributed by atoms with E-state index in [0.29, 0.717) is 23.0 Å². The standard InChI is InChI=1S/C22H20N4O3/c1-14-4-7-16(8-5-14)18-12-17(21(27)25-22-23-13-24-26(18)22)10-15-6-9-19(28-2)20(11-15)29-3/h4-13H,1-3H3,(H,23,24,25,27)/b17-10-. The van der Waals surface area contributed by atoms with Crippen LogP contribution in [0, 0.1) is 6.92 Å². The fourth-order valence-corrected chi connectivity index (χ4v) is 3.11. The summed E-state index contributed by atoms with van der Waals surface area (Å²) in [6.07, 6.45) is 5.01. The Kier molecular flexibility index (Phi) is 4.87. The first-order valence-electron chi connectivity index (χ1n) is 9.03. The van der Waals surface area contributed by atoms with Crippen molar-refractivity contribution in [3.63, 3.8) is 0 Å². The highest BCUT2D eigenvalue weighted by molar-refractivity contribution is 6.10. The van der Waals surface area contributed by atoms with E-state index >= 15 is 0 Å². The predicted molar refractivity (Wildman–Crippen MR) is 111 cm³/mol. The number of amides is 1. The average molecular weight is 388 g/mol. The lowest BCUT2D eigenvalue weighted by Crippen LogP contribution is -2.14. The van der Waals surface area contributed by atoms with Crippen molar-refractivity contribution in [3.05, 3.63) is 77.1 Å². The molecule has 2 aromatic carbocycles. The number of aryl methyl sites for hydroxylation is 1. The first kappa shape index (κ1) is 18.5. The summed E-state index contributed by atoms with van der Waals surface area (Å²) in [7, 11) is 3.16. The molecular formula is C22H20N4O3. The highest BCUT2D eigenvalue weighted by Gasteiger charge is 2.21. The van der Waals surface area contributed by atoms with Crippen LogP contribution in [0.15, 0.2) is 60.4 Å². The van der Waals surface area contributed by atoms with Gasteiger partial charge in [-0.05, 0) is 36.8 Å². The molecule has 0 atom stereocenters. The minimum atomic E-state index is -0.267. The molecular weight excluding hydrogens is 368 g/mol. The number of methoxy groups -OCH3 is 2. The number of nitrogens with zero attached hydrogens (tertiary/aromatic N) is 3. The Hall–Kier alpha value is -3.87. The number of anilines is 1.